The molecule has 5 heteroatoms. The lowest BCUT2D eigenvalue weighted by atomic mass is 10.2. The number of benzene rings is 2. The fourth-order valence-electron chi connectivity index (χ4n) is 2.09. The van der Waals surface area contributed by atoms with Gasteiger partial charge in [-0.05, 0) is 42.5 Å². The van der Waals surface area contributed by atoms with Crippen LogP contribution in [-0.2, 0) is 0 Å². The van der Waals surface area contributed by atoms with Crippen LogP contribution in [0.5, 0.6) is 5.75 Å². The van der Waals surface area contributed by atoms with Gasteiger partial charge in [-0.15, -0.1) is 0 Å². The summed E-state index contributed by atoms with van der Waals surface area (Å²) in [5.41, 5.74) is 2.87. The second-order valence-electron chi connectivity index (χ2n) is 4.13. The standard InChI is InChI=1S/C14H11ClN2OS/c1-18-11-5-6-13-12(8-11)16-14(19)17(13)10-4-2-3-9(15)7-10/h2-8H,1H3,(H,16,19). The van der Waals surface area contributed by atoms with E-state index in [1.165, 1.54) is 0 Å². The van der Waals surface area contributed by atoms with E-state index in [1.54, 1.807) is 7.11 Å². The van der Waals surface area contributed by atoms with Crippen molar-refractivity contribution in [3.05, 3.63) is 52.3 Å². The zero-order valence-corrected chi connectivity index (χ0v) is 11.8. The Morgan fingerprint density at radius 2 is 2.05 bits per heavy atom. The summed E-state index contributed by atoms with van der Waals surface area (Å²) < 4.78 is 7.80. The summed E-state index contributed by atoms with van der Waals surface area (Å²) in [6.07, 6.45) is 0. The maximum atomic E-state index is 6.04. The van der Waals surface area contributed by atoms with Crippen LogP contribution in [0.1, 0.15) is 0 Å². The number of aromatic amines is 1. The number of fused-ring (bicyclic) bond motifs is 1. The van der Waals surface area contributed by atoms with Crippen LogP contribution in [0.2, 0.25) is 5.02 Å². The number of nitrogens with one attached hydrogen (secondary N) is 1. The second kappa shape index (κ2) is 4.72. The minimum atomic E-state index is 0.630. The SMILES string of the molecule is COc1ccc2c(c1)[nH]c(=S)n2-c1cccc(Cl)c1. The molecule has 0 saturated heterocycles. The van der Waals surface area contributed by atoms with E-state index in [4.69, 9.17) is 28.6 Å². The van der Waals surface area contributed by atoms with Crippen molar-refractivity contribution in [1.82, 2.24) is 9.55 Å². The van der Waals surface area contributed by atoms with E-state index in [0.29, 0.717) is 9.79 Å². The van der Waals surface area contributed by atoms with Crippen LogP contribution in [0.4, 0.5) is 0 Å². The number of hydrogen-bond donors (Lipinski definition) is 1. The quantitative estimate of drug-likeness (QED) is 0.711. The Kier molecular flexibility index (Phi) is 3.05. The molecule has 0 spiro atoms. The minimum Gasteiger partial charge on any atom is -0.497 e. The zero-order chi connectivity index (χ0) is 13.4. The highest BCUT2D eigenvalue weighted by Crippen LogP contribution is 2.24. The smallest absolute Gasteiger partial charge is 0.182 e. The summed E-state index contributed by atoms with van der Waals surface area (Å²) in [5.74, 6) is 0.794. The van der Waals surface area contributed by atoms with Crippen molar-refractivity contribution in [2.45, 2.75) is 0 Å². The van der Waals surface area contributed by atoms with E-state index >= 15 is 0 Å². The Hall–Kier alpha value is -1.78. The maximum absolute atomic E-state index is 6.04. The number of methoxy groups -OCH3 is 1. The largest absolute Gasteiger partial charge is 0.497 e. The van der Waals surface area contributed by atoms with Gasteiger partial charge in [-0.1, -0.05) is 17.7 Å². The first-order chi connectivity index (χ1) is 9.19. The highest BCUT2D eigenvalue weighted by Gasteiger charge is 2.07. The van der Waals surface area contributed by atoms with Crippen molar-refractivity contribution in [2.75, 3.05) is 7.11 Å². The number of aromatic nitrogens is 2. The van der Waals surface area contributed by atoms with Crippen LogP contribution in [0, 0.1) is 4.77 Å². The number of rotatable bonds is 2. The van der Waals surface area contributed by atoms with Crippen LogP contribution in [0.3, 0.4) is 0 Å². The van der Waals surface area contributed by atoms with Gasteiger partial charge in [0.05, 0.1) is 18.1 Å². The Balaban J connectivity index is 2.29. The third-order valence-corrected chi connectivity index (χ3v) is 3.48. The van der Waals surface area contributed by atoms with Crippen molar-refractivity contribution in [3.63, 3.8) is 0 Å². The molecule has 0 atom stereocenters. The molecule has 2 aromatic carbocycles. The van der Waals surface area contributed by atoms with Crippen molar-refractivity contribution in [3.8, 4) is 11.4 Å². The van der Waals surface area contributed by atoms with E-state index in [2.05, 4.69) is 4.98 Å². The molecule has 0 aliphatic carbocycles. The fourth-order valence-corrected chi connectivity index (χ4v) is 2.59. The van der Waals surface area contributed by atoms with Crippen molar-refractivity contribution in [2.24, 2.45) is 0 Å². The minimum absolute atomic E-state index is 0.630. The summed E-state index contributed by atoms with van der Waals surface area (Å²) in [6.45, 7) is 0. The van der Waals surface area contributed by atoms with Gasteiger partial charge in [0.1, 0.15) is 5.75 Å². The summed E-state index contributed by atoms with van der Waals surface area (Å²) in [4.78, 5) is 3.17. The Morgan fingerprint density at radius 1 is 1.21 bits per heavy atom. The fraction of sp³-hybridized carbons (Fsp3) is 0.0714. The van der Waals surface area contributed by atoms with E-state index in [0.717, 1.165) is 22.5 Å². The second-order valence-corrected chi connectivity index (χ2v) is 4.95. The lowest BCUT2D eigenvalue weighted by molar-refractivity contribution is 0.415. The monoisotopic (exact) mass is 290 g/mol. The molecule has 0 aliphatic heterocycles. The van der Waals surface area contributed by atoms with Crippen LogP contribution in [-0.4, -0.2) is 16.7 Å². The van der Waals surface area contributed by atoms with Crippen molar-refractivity contribution in [1.29, 1.82) is 0 Å². The van der Waals surface area contributed by atoms with Gasteiger partial charge in [0.15, 0.2) is 4.77 Å². The molecule has 19 heavy (non-hydrogen) atoms. The molecule has 96 valence electrons. The van der Waals surface area contributed by atoms with Gasteiger partial charge in [0, 0.05) is 16.8 Å². The van der Waals surface area contributed by atoms with Crippen LogP contribution in [0.15, 0.2) is 42.5 Å². The lowest BCUT2D eigenvalue weighted by Crippen LogP contribution is -1.93. The molecule has 0 unspecified atom stereocenters. The van der Waals surface area contributed by atoms with Gasteiger partial charge in [-0.2, -0.15) is 0 Å². The number of hydrogen-bond acceptors (Lipinski definition) is 2. The number of halogens is 1. The summed E-state index contributed by atoms with van der Waals surface area (Å²) in [6, 6.07) is 13.4. The molecule has 0 saturated carbocycles. The first kappa shape index (κ1) is 12.3. The van der Waals surface area contributed by atoms with Crippen LogP contribution < -0.4 is 4.74 Å². The Bertz CT molecular complexity index is 807. The highest BCUT2D eigenvalue weighted by molar-refractivity contribution is 7.71. The molecular weight excluding hydrogens is 280 g/mol. The highest BCUT2D eigenvalue weighted by atomic mass is 35.5. The molecule has 0 radical (unpaired) electrons. The van der Waals surface area contributed by atoms with Gasteiger partial charge >= 0.3 is 0 Å². The lowest BCUT2D eigenvalue weighted by Gasteiger charge is -2.05. The molecular formula is C14H11ClN2OS. The number of imidazole rings is 1. The average Bonchev–Trinajstić information content (AvgIpc) is 2.73. The molecule has 3 aromatic rings. The predicted molar refractivity (Wildman–Crippen MR) is 80.0 cm³/mol. The number of ether oxygens (including phenoxy) is 1. The molecule has 1 N–H and O–H groups in total. The zero-order valence-electron chi connectivity index (χ0n) is 10.2. The molecule has 3 nitrogen and oxygen atoms in total. The third-order valence-electron chi connectivity index (χ3n) is 2.96. The molecule has 1 heterocycles. The summed E-state index contributed by atoms with van der Waals surface area (Å²) in [5, 5.41) is 0.683. The first-order valence-electron chi connectivity index (χ1n) is 5.74. The van der Waals surface area contributed by atoms with Crippen molar-refractivity contribution < 1.29 is 4.74 Å². The normalized spacial score (nSPS) is 10.8. The summed E-state index contributed by atoms with van der Waals surface area (Å²) in [7, 11) is 1.64. The molecule has 0 fully saturated rings. The first-order valence-corrected chi connectivity index (χ1v) is 6.52. The van der Waals surface area contributed by atoms with Gasteiger partial charge in [0.25, 0.3) is 0 Å². The average molecular weight is 291 g/mol. The van der Waals surface area contributed by atoms with E-state index in [1.807, 2.05) is 47.0 Å². The Morgan fingerprint density at radius 3 is 2.79 bits per heavy atom. The van der Waals surface area contributed by atoms with Gasteiger partial charge in [-0.25, -0.2) is 0 Å². The predicted octanol–water partition coefficient (Wildman–Crippen LogP) is 4.35. The summed E-state index contributed by atoms with van der Waals surface area (Å²) >= 11 is 11.4. The number of nitrogens with zero attached hydrogens (tertiary/aromatic N) is 1. The van der Waals surface area contributed by atoms with E-state index in [9.17, 15) is 0 Å². The van der Waals surface area contributed by atoms with Gasteiger partial charge in [0.2, 0.25) is 0 Å². The van der Waals surface area contributed by atoms with Gasteiger partial charge in [-0.3, -0.25) is 4.57 Å². The van der Waals surface area contributed by atoms with E-state index < -0.39 is 0 Å². The number of H-pyrrole nitrogens is 1. The maximum Gasteiger partial charge on any atom is 0.182 e. The third kappa shape index (κ3) is 2.13. The molecule has 3 rings (SSSR count). The van der Waals surface area contributed by atoms with Crippen molar-refractivity contribution >= 4 is 34.9 Å². The van der Waals surface area contributed by atoms with Crippen LogP contribution >= 0.6 is 23.8 Å². The van der Waals surface area contributed by atoms with Gasteiger partial charge < -0.3 is 9.72 Å². The molecule has 0 amide bonds. The molecule has 0 aliphatic rings. The molecule has 1 aromatic heterocycles. The topological polar surface area (TPSA) is 29.9 Å². The molecule has 0 bridgehead atoms. The van der Waals surface area contributed by atoms with Crippen LogP contribution in [0.25, 0.3) is 16.7 Å². The Labute approximate surface area is 120 Å². The van der Waals surface area contributed by atoms with E-state index in [-0.39, 0.29) is 0 Å².